The average Bonchev–Trinajstić information content (AvgIpc) is 3.83. The van der Waals surface area contributed by atoms with Gasteiger partial charge in [0.1, 0.15) is 0 Å². The van der Waals surface area contributed by atoms with E-state index < -0.39 is 0 Å². The zero-order chi connectivity index (χ0) is 38.4. The fourth-order valence-corrected chi connectivity index (χ4v) is 9.68. The van der Waals surface area contributed by atoms with Crippen molar-refractivity contribution in [1.29, 1.82) is 0 Å². The highest BCUT2D eigenvalue weighted by atomic mass is 32.1. The molecule has 11 aromatic rings. The molecule has 0 N–H and O–H groups in total. The maximum absolute atomic E-state index is 2.41. The van der Waals surface area contributed by atoms with E-state index in [0.29, 0.717) is 0 Å². The van der Waals surface area contributed by atoms with Crippen molar-refractivity contribution in [2.45, 2.75) is 0 Å². The number of aromatic nitrogens is 1. The molecule has 0 aliphatic rings. The third-order valence-electron chi connectivity index (χ3n) is 11.1. The molecule has 0 fully saturated rings. The summed E-state index contributed by atoms with van der Waals surface area (Å²) < 4.78 is 4.89. The van der Waals surface area contributed by atoms with Crippen LogP contribution in [0, 0.1) is 0 Å². The lowest BCUT2D eigenvalue weighted by Gasteiger charge is -2.30. The molecule has 0 spiro atoms. The van der Waals surface area contributed by atoms with Crippen molar-refractivity contribution in [3.63, 3.8) is 0 Å². The van der Waals surface area contributed by atoms with Crippen LogP contribution in [-0.4, -0.2) is 4.57 Å². The van der Waals surface area contributed by atoms with E-state index in [1.54, 1.807) is 0 Å². The van der Waals surface area contributed by atoms with Crippen LogP contribution in [0.25, 0.3) is 58.8 Å². The van der Waals surface area contributed by atoms with Crippen LogP contribution in [0.1, 0.15) is 0 Å². The minimum absolute atomic E-state index is 1.09. The van der Waals surface area contributed by atoms with Crippen LogP contribution in [0.2, 0.25) is 0 Å². The topological polar surface area (TPSA) is 11.4 Å². The molecule has 0 amide bonds. The number of hydrogen-bond donors (Lipinski definition) is 0. The molecule has 0 unspecified atom stereocenters. The van der Waals surface area contributed by atoms with Gasteiger partial charge in [-0.3, -0.25) is 0 Å². The standard InChI is InChI=1S/C54H37N3S/c1-6-18-40(19-7-1)55(41-20-8-2-9-21-41)45-36-49-48-34-38(39-30-32-47-46-28-16-17-29-50(46)57(51(47)35-39)44-26-14-5-15-27-44)31-33-53(48)58-54(49)52(37-45)56(42-22-10-3-11-23-42)43-24-12-4-13-25-43/h1-37H. The van der Waals surface area contributed by atoms with E-state index in [-0.39, 0.29) is 0 Å². The van der Waals surface area contributed by atoms with Crippen molar-refractivity contribution in [3.05, 3.63) is 224 Å². The molecule has 2 aromatic heterocycles. The van der Waals surface area contributed by atoms with Gasteiger partial charge in [0.2, 0.25) is 0 Å². The number of benzene rings is 9. The Labute approximate surface area is 341 Å². The highest BCUT2D eigenvalue weighted by Crippen LogP contribution is 2.49. The Morgan fingerprint density at radius 1 is 0.328 bits per heavy atom. The molecule has 274 valence electrons. The molecule has 58 heavy (non-hydrogen) atoms. The van der Waals surface area contributed by atoms with E-state index in [2.05, 4.69) is 239 Å². The van der Waals surface area contributed by atoms with E-state index in [4.69, 9.17) is 0 Å². The van der Waals surface area contributed by atoms with Crippen molar-refractivity contribution >= 4 is 87.4 Å². The van der Waals surface area contributed by atoms with Gasteiger partial charge in [-0.15, -0.1) is 11.3 Å². The number of rotatable bonds is 8. The first-order chi connectivity index (χ1) is 28.8. The second-order valence-electron chi connectivity index (χ2n) is 14.6. The molecule has 0 saturated carbocycles. The largest absolute Gasteiger partial charge is 0.310 e. The number of thiophene rings is 1. The van der Waals surface area contributed by atoms with E-state index in [1.807, 2.05) is 11.3 Å². The predicted molar refractivity (Wildman–Crippen MR) is 248 cm³/mol. The minimum Gasteiger partial charge on any atom is -0.310 e. The van der Waals surface area contributed by atoms with Gasteiger partial charge in [0.05, 0.1) is 21.4 Å². The number of anilines is 6. The molecular weight excluding hydrogens is 723 g/mol. The quantitative estimate of drug-likeness (QED) is 0.153. The molecule has 0 saturated heterocycles. The number of fused-ring (bicyclic) bond motifs is 6. The van der Waals surface area contributed by atoms with Crippen LogP contribution in [0.15, 0.2) is 224 Å². The smallest absolute Gasteiger partial charge is 0.0661 e. The molecule has 0 aliphatic heterocycles. The van der Waals surface area contributed by atoms with E-state index in [0.717, 1.165) is 39.8 Å². The van der Waals surface area contributed by atoms with Gasteiger partial charge in [-0.1, -0.05) is 127 Å². The molecule has 9 aromatic carbocycles. The van der Waals surface area contributed by atoms with Crippen molar-refractivity contribution in [1.82, 2.24) is 4.57 Å². The summed E-state index contributed by atoms with van der Waals surface area (Å²) >= 11 is 1.86. The lowest BCUT2D eigenvalue weighted by molar-refractivity contribution is 1.18. The number of nitrogens with zero attached hydrogens (tertiary/aromatic N) is 3. The molecular formula is C54H37N3S. The average molecular weight is 760 g/mol. The Balaban J connectivity index is 1.17. The Morgan fingerprint density at radius 3 is 1.45 bits per heavy atom. The summed E-state index contributed by atoms with van der Waals surface area (Å²) in [6.45, 7) is 0. The van der Waals surface area contributed by atoms with Crippen LogP contribution in [0.4, 0.5) is 34.1 Å². The molecule has 11 rings (SSSR count). The van der Waals surface area contributed by atoms with Crippen LogP contribution < -0.4 is 9.80 Å². The Morgan fingerprint density at radius 2 is 0.828 bits per heavy atom. The van der Waals surface area contributed by atoms with Crippen molar-refractivity contribution in [2.75, 3.05) is 9.80 Å². The molecule has 2 heterocycles. The molecule has 4 heteroatoms. The van der Waals surface area contributed by atoms with Crippen molar-refractivity contribution in [2.24, 2.45) is 0 Å². The van der Waals surface area contributed by atoms with E-state index in [9.17, 15) is 0 Å². The van der Waals surface area contributed by atoms with Gasteiger partial charge in [0, 0.05) is 60.4 Å². The maximum Gasteiger partial charge on any atom is 0.0661 e. The van der Waals surface area contributed by atoms with Gasteiger partial charge in [-0.25, -0.2) is 0 Å². The highest BCUT2D eigenvalue weighted by molar-refractivity contribution is 7.26. The van der Waals surface area contributed by atoms with Crippen LogP contribution in [-0.2, 0) is 0 Å². The lowest BCUT2D eigenvalue weighted by Crippen LogP contribution is -2.13. The number of hydrogen-bond acceptors (Lipinski definition) is 3. The Hall–Kier alpha value is -7.40. The van der Waals surface area contributed by atoms with E-state index in [1.165, 1.54) is 53.1 Å². The first-order valence-electron chi connectivity index (χ1n) is 19.7. The van der Waals surface area contributed by atoms with Crippen molar-refractivity contribution in [3.8, 4) is 16.8 Å². The monoisotopic (exact) mass is 759 g/mol. The van der Waals surface area contributed by atoms with Gasteiger partial charge >= 0.3 is 0 Å². The molecule has 0 aliphatic carbocycles. The molecule has 0 atom stereocenters. The normalized spacial score (nSPS) is 11.4. The second-order valence-corrected chi connectivity index (χ2v) is 15.6. The second kappa shape index (κ2) is 14.3. The minimum atomic E-state index is 1.09. The predicted octanol–water partition coefficient (Wildman–Crippen LogP) is 15.8. The van der Waals surface area contributed by atoms with Gasteiger partial charge in [-0.05, 0) is 108 Å². The molecule has 0 bridgehead atoms. The van der Waals surface area contributed by atoms with Gasteiger partial charge in [0.15, 0.2) is 0 Å². The Bertz CT molecular complexity index is 3130. The maximum atomic E-state index is 2.41. The third-order valence-corrected chi connectivity index (χ3v) is 12.3. The van der Waals surface area contributed by atoms with Crippen LogP contribution in [0.3, 0.4) is 0 Å². The molecule has 0 radical (unpaired) electrons. The summed E-state index contributed by atoms with van der Waals surface area (Å²) in [4.78, 5) is 4.79. The zero-order valence-electron chi connectivity index (χ0n) is 31.6. The van der Waals surface area contributed by atoms with Crippen LogP contribution in [0.5, 0.6) is 0 Å². The lowest BCUT2D eigenvalue weighted by atomic mass is 10.0. The van der Waals surface area contributed by atoms with Gasteiger partial charge in [0.25, 0.3) is 0 Å². The summed E-state index contributed by atoms with van der Waals surface area (Å²) in [6.07, 6.45) is 0. The summed E-state index contributed by atoms with van der Waals surface area (Å²) in [5, 5.41) is 4.98. The summed E-state index contributed by atoms with van der Waals surface area (Å²) in [5.41, 5.74) is 12.6. The SMILES string of the molecule is c1ccc(N(c2ccccc2)c2cc(N(c3ccccc3)c3ccccc3)c3sc4ccc(-c5ccc6c7ccccc7n(-c7ccccc7)c6c5)cc4c3c2)cc1. The first kappa shape index (κ1) is 33.9. The van der Waals surface area contributed by atoms with Crippen molar-refractivity contribution < 1.29 is 0 Å². The van der Waals surface area contributed by atoms with E-state index >= 15 is 0 Å². The summed E-state index contributed by atoms with van der Waals surface area (Å²) in [7, 11) is 0. The molecule has 3 nitrogen and oxygen atoms in total. The highest BCUT2D eigenvalue weighted by Gasteiger charge is 2.23. The Kier molecular flexibility index (Phi) is 8.34. The summed E-state index contributed by atoms with van der Waals surface area (Å²) in [5.74, 6) is 0. The van der Waals surface area contributed by atoms with Gasteiger partial charge < -0.3 is 14.4 Å². The number of para-hydroxylation sites is 6. The fraction of sp³-hybridized carbons (Fsp3) is 0. The van der Waals surface area contributed by atoms with Gasteiger partial charge in [-0.2, -0.15) is 0 Å². The third kappa shape index (κ3) is 5.82. The fourth-order valence-electron chi connectivity index (χ4n) is 8.51. The first-order valence-corrected chi connectivity index (χ1v) is 20.5. The van der Waals surface area contributed by atoms with Crippen LogP contribution >= 0.6 is 11.3 Å². The summed E-state index contributed by atoms with van der Waals surface area (Å²) in [6, 6.07) is 81.0. The zero-order valence-corrected chi connectivity index (χ0v) is 32.4.